The molecular weight excluding hydrogens is 314 g/mol. The number of nitrogens with two attached hydrogens (primary N) is 2. The summed E-state index contributed by atoms with van der Waals surface area (Å²) in [6.45, 7) is 0. The molecule has 0 fully saturated rings. The van der Waals surface area contributed by atoms with E-state index in [1.807, 2.05) is 12.1 Å². The normalized spacial score (nSPS) is 10.2. The van der Waals surface area contributed by atoms with Gasteiger partial charge in [0.15, 0.2) is 5.69 Å². The van der Waals surface area contributed by atoms with Gasteiger partial charge in [-0.1, -0.05) is 15.9 Å². The van der Waals surface area contributed by atoms with Crippen LogP contribution < -0.4 is 16.8 Å². The molecule has 1 aromatic carbocycles. The third-order valence-corrected chi connectivity index (χ3v) is 2.83. The molecule has 0 bridgehead atoms. The van der Waals surface area contributed by atoms with Crippen LogP contribution in [0.4, 0.5) is 10.5 Å². The van der Waals surface area contributed by atoms with Crippen LogP contribution in [-0.4, -0.2) is 21.7 Å². The molecule has 98 valence electrons. The number of amides is 3. The smallest absolute Gasteiger partial charge is 0.316 e. The first kappa shape index (κ1) is 13.1. The van der Waals surface area contributed by atoms with Gasteiger partial charge in [0.05, 0.1) is 17.6 Å². The lowest BCUT2D eigenvalue weighted by atomic mass is 10.3. The first-order chi connectivity index (χ1) is 8.97. The largest absolute Gasteiger partial charge is 0.364 e. The number of hydrogen-bond acceptors (Lipinski definition) is 3. The van der Waals surface area contributed by atoms with E-state index >= 15 is 0 Å². The molecule has 0 unspecified atom stereocenters. The molecule has 0 spiro atoms. The minimum atomic E-state index is -0.794. The van der Waals surface area contributed by atoms with Crippen LogP contribution in [0.1, 0.15) is 10.5 Å². The number of primary amides is 2. The fourth-order valence-corrected chi connectivity index (χ4v) is 1.77. The Balaban J connectivity index is 2.45. The van der Waals surface area contributed by atoms with Gasteiger partial charge in [0, 0.05) is 4.47 Å². The van der Waals surface area contributed by atoms with Gasteiger partial charge >= 0.3 is 6.03 Å². The van der Waals surface area contributed by atoms with Gasteiger partial charge in [0.2, 0.25) is 0 Å². The van der Waals surface area contributed by atoms with Crippen LogP contribution in [0.5, 0.6) is 0 Å². The predicted octanol–water partition coefficient (Wildman–Crippen LogP) is 1.22. The monoisotopic (exact) mass is 323 g/mol. The van der Waals surface area contributed by atoms with Gasteiger partial charge in [-0.15, -0.1) is 0 Å². The highest BCUT2D eigenvalue weighted by molar-refractivity contribution is 9.10. The average molecular weight is 324 g/mol. The lowest BCUT2D eigenvalue weighted by molar-refractivity contribution is 0.0996. The van der Waals surface area contributed by atoms with Crippen LogP contribution in [0.2, 0.25) is 0 Å². The molecule has 0 saturated heterocycles. The lowest BCUT2D eigenvalue weighted by Crippen LogP contribution is -2.22. The summed E-state index contributed by atoms with van der Waals surface area (Å²) in [4.78, 5) is 22.1. The van der Waals surface area contributed by atoms with Crippen molar-refractivity contribution in [2.45, 2.75) is 0 Å². The van der Waals surface area contributed by atoms with Gasteiger partial charge in [-0.2, -0.15) is 5.10 Å². The number of carbonyl (C=O) groups excluding carboxylic acids is 2. The quantitative estimate of drug-likeness (QED) is 0.788. The minimum Gasteiger partial charge on any atom is -0.364 e. The van der Waals surface area contributed by atoms with E-state index in [-0.39, 0.29) is 11.4 Å². The predicted molar refractivity (Wildman–Crippen MR) is 73.0 cm³/mol. The Kier molecular flexibility index (Phi) is 3.52. The summed E-state index contributed by atoms with van der Waals surface area (Å²) < 4.78 is 2.34. The van der Waals surface area contributed by atoms with E-state index in [9.17, 15) is 9.59 Å². The number of aromatic nitrogens is 2. The number of rotatable bonds is 3. The number of nitrogens with zero attached hydrogens (tertiary/aromatic N) is 2. The van der Waals surface area contributed by atoms with Crippen LogP contribution in [-0.2, 0) is 0 Å². The molecule has 19 heavy (non-hydrogen) atoms. The molecule has 2 rings (SSSR count). The van der Waals surface area contributed by atoms with Crippen molar-refractivity contribution < 1.29 is 9.59 Å². The summed E-state index contributed by atoms with van der Waals surface area (Å²) in [6, 6.07) is 6.42. The molecular formula is C11H10BrN5O2. The number of halogens is 1. The van der Waals surface area contributed by atoms with Crippen molar-refractivity contribution in [2.75, 3.05) is 5.32 Å². The number of hydrogen-bond donors (Lipinski definition) is 3. The second kappa shape index (κ2) is 5.11. The molecule has 3 amide bonds. The Morgan fingerprint density at radius 1 is 1.21 bits per heavy atom. The maximum atomic E-state index is 11.2. The SMILES string of the molecule is NC(=O)Nc1cn(-c2ccc(Br)cc2)nc1C(N)=O. The second-order valence-corrected chi connectivity index (χ2v) is 4.58. The number of urea groups is 1. The van der Waals surface area contributed by atoms with Gasteiger partial charge < -0.3 is 16.8 Å². The van der Waals surface area contributed by atoms with Crippen LogP contribution in [0, 0.1) is 0 Å². The summed E-state index contributed by atoms with van der Waals surface area (Å²) >= 11 is 3.32. The highest BCUT2D eigenvalue weighted by Crippen LogP contribution is 2.18. The van der Waals surface area contributed by atoms with E-state index in [0.717, 1.165) is 4.47 Å². The number of anilines is 1. The van der Waals surface area contributed by atoms with E-state index in [2.05, 4.69) is 26.3 Å². The number of nitrogens with one attached hydrogen (secondary N) is 1. The van der Waals surface area contributed by atoms with E-state index in [1.54, 1.807) is 12.1 Å². The average Bonchev–Trinajstić information content (AvgIpc) is 2.73. The fraction of sp³-hybridized carbons (Fsp3) is 0. The van der Waals surface area contributed by atoms with Crippen molar-refractivity contribution >= 4 is 33.6 Å². The Hall–Kier alpha value is -2.35. The zero-order valence-corrected chi connectivity index (χ0v) is 11.2. The van der Waals surface area contributed by atoms with Crippen molar-refractivity contribution in [3.63, 3.8) is 0 Å². The van der Waals surface area contributed by atoms with Crippen LogP contribution in [0.3, 0.4) is 0 Å². The van der Waals surface area contributed by atoms with E-state index in [1.165, 1.54) is 10.9 Å². The molecule has 1 aromatic heterocycles. The van der Waals surface area contributed by atoms with Crippen molar-refractivity contribution in [1.82, 2.24) is 9.78 Å². The van der Waals surface area contributed by atoms with E-state index in [4.69, 9.17) is 11.5 Å². The Bertz CT molecular complexity index is 635. The zero-order chi connectivity index (χ0) is 14.0. The molecule has 5 N–H and O–H groups in total. The summed E-state index contributed by atoms with van der Waals surface area (Å²) in [5.74, 6) is -0.750. The van der Waals surface area contributed by atoms with Crippen LogP contribution in [0.25, 0.3) is 5.69 Å². The van der Waals surface area contributed by atoms with Crippen molar-refractivity contribution in [2.24, 2.45) is 11.5 Å². The third kappa shape index (κ3) is 2.91. The Morgan fingerprint density at radius 2 is 1.84 bits per heavy atom. The summed E-state index contributed by atoms with van der Waals surface area (Å²) in [5, 5.41) is 6.32. The van der Waals surface area contributed by atoms with Gasteiger partial charge in [0.25, 0.3) is 5.91 Å². The molecule has 8 heteroatoms. The number of benzene rings is 1. The molecule has 7 nitrogen and oxygen atoms in total. The molecule has 2 aromatic rings. The topological polar surface area (TPSA) is 116 Å². The summed E-state index contributed by atoms with van der Waals surface area (Å²) in [5.41, 5.74) is 11.0. The van der Waals surface area contributed by atoms with E-state index < -0.39 is 11.9 Å². The van der Waals surface area contributed by atoms with Gasteiger partial charge in [-0.25, -0.2) is 9.48 Å². The molecule has 0 aliphatic carbocycles. The first-order valence-electron chi connectivity index (χ1n) is 5.19. The second-order valence-electron chi connectivity index (χ2n) is 3.67. The minimum absolute atomic E-state index is 0.0540. The van der Waals surface area contributed by atoms with Crippen LogP contribution in [0.15, 0.2) is 34.9 Å². The summed E-state index contributed by atoms with van der Waals surface area (Å²) in [7, 11) is 0. The maximum absolute atomic E-state index is 11.2. The molecule has 0 atom stereocenters. The highest BCUT2D eigenvalue weighted by atomic mass is 79.9. The first-order valence-corrected chi connectivity index (χ1v) is 5.98. The Morgan fingerprint density at radius 3 is 2.37 bits per heavy atom. The zero-order valence-electron chi connectivity index (χ0n) is 9.63. The lowest BCUT2D eigenvalue weighted by Gasteiger charge is -2.00. The van der Waals surface area contributed by atoms with Crippen molar-refractivity contribution in [1.29, 1.82) is 0 Å². The molecule has 0 aliphatic heterocycles. The maximum Gasteiger partial charge on any atom is 0.316 e. The molecule has 0 radical (unpaired) electrons. The number of carbonyl (C=O) groups is 2. The van der Waals surface area contributed by atoms with Crippen molar-refractivity contribution in [3.05, 3.63) is 40.6 Å². The standard InChI is InChI=1S/C11H10BrN5O2/c12-6-1-3-7(4-2-6)17-5-8(15-11(14)19)9(16-17)10(13)18/h1-5H,(H2,13,18)(H3,14,15,19). The molecule has 1 heterocycles. The van der Waals surface area contributed by atoms with Gasteiger partial charge in [-0.05, 0) is 24.3 Å². The molecule has 0 aliphatic rings. The summed E-state index contributed by atoms with van der Waals surface area (Å²) in [6.07, 6.45) is 1.47. The third-order valence-electron chi connectivity index (χ3n) is 2.30. The van der Waals surface area contributed by atoms with Crippen LogP contribution >= 0.6 is 15.9 Å². The van der Waals surface area contributed by atoms with Gasteiger partial charge in [0.1, 0.15) is 0 Å². The highest BCUT2D eigenvalue weighted by Gasteiger charge is 2.15. The Labute approximate surface area is 116 Å². The molecule has 0 saturated carbocycles. The fourth-order valence-electron chi connectivity index (χ4n) is 1.51. The van der Waals surface area contributed by atoms with E-state index in [0.29, 0.717) is 5.69 Å². The van der Waals surface area contributed by atoms with Gasteiger partial charge in [-0.3, -0.25) is 4.79 Å². The van der Waals surface area contributed by atoms with Crippen molar-refractivity contribution in [3.8, 4) is 5.69 Å².